The predicted octanol–water partition coefficient (Wildman–Crippen LogP) is 4.58. The predicted molar refractivity (Wildman–Crippen MR) is 87.7 cm³/mol. The molecule has 0 amide bonds. The highest BCUT2D eigenvalue weighted by Gasteiger charge is 2.09. The minimum absolute atomic E-state index is 0.706. The quantitative estimate of drug-likeness (QED) is 0.718. The van der Waals surface area contributed by atoms with Crippen molar-refractivity contribution in [3.05, 3.63) is 53.2 Å². The van der Waals surface area contributed by atoms with Crippen LogP contribution in [0.5, 0.6) is 11.5 Å². The van der Waals surface area contributed by atoms with Crippen LogP contribution in [0.25, 0.3) is 22.0 Å². The van der Waals surface area contributed by atoms with Gasteiger partial charge in [0.15, 0.2) is 11.5 Å². The van der Waals surface area contributed by atoms with Crippen LogP contribution in [0.2, 0.25) is 0 Å². The molecule has 4 heteroatoms. The first-order valence-corrected chi connectivity index (χ1v) is 6.98. The van der Waals surface area contributed by atoms with Gasteiger partial charge in [0.25, 0.3) is 0 Å². The monoisotopic (exact) mass is 297 g/mol. The highest BCUT2D eigenvalue weighted by Crippen LogP contribution is 2.34. The van der Waals surface area contributed by atoms with E-state index in [0.717, 1.165) is 22.0 Å². The van der Waals surface area contributed by atoms with Crippen molar-refractivity contribution in [3.8, 4) is 22.6 Å². The number of hydrogen-bond donors (Lipinski definition) is 1. The van der Waals surface area contributed by atoms with Gasteiger partial charge in [-0.25, -0.2) is 0 Å². The molecular formula is C17H15NO2S. The summed E-state index contributed by atoms with van der Waals surface area (Å²) in [7, 11) is 3.27. The maximum absolute atomic E-state index is 5.38. The van der Waals surface area contributed by atoms with Gasteiger partial charge in [0, 0.05) is 10.9 Å². The third-order valence-corrected chi connectivity index (χ3v) is 3.66. The third kappa shape index (κ3) is 2.50. The first-order valence-electron chi connectivity index (χ1n) is 6.57. The van der Waals surface area contributed by atoms with E-state index in [1.165, 1.54) is 0 Å². The van der Waals surface area contributed by atoms with Gasteiger partial charge in [0.2, 0.25) is 0 Å². The van der Waals surface area contributed by atoms with Crippen molar-refractivity contribution < 1.29 is 9.47 Å². The Morgan fingerprint density at radius 3 is 2.43 bits per heavy atom. The number of ether oxygens (including phenoxy) is 2. The Balaban J connectivity index is 2.27. The van der Waals surface area contributed by atoms with Crippen LogP contribution >= 0.6 is 12.2 Å². The summed E-state index contributed by atoms with van der Waals surface area (Å²) in [6.45, 7) is 0. The van der Waals surface area contributed by atoms with Crippen LogP contribution < -0.4 is 9.47 Å². The lowest BCUT2D eigenvalue weighted by molar-refractivity contribution is 0.355. The number of para-hydroxylation sites is 1. The van der Waals surface area contributed by atoms with Crippen molar-refractivity contribution in [1.82, 2.24) is 4.98 Å². The highest BCUT2D eigenvalue weighted by molar-refractivity contribution is 7.71. The van der Waals surface area contributed by atoms with E-state index in [0.29, 0.717) is 16.1 Å². The van der Waals surface area contributed by atoms with Crippen LogP contribution in [0.15, 0.2) is 48.5 Å². The van der Waals surface area contributed by atoms with Crippen molar-refractivity contribution in [3.63, 3.8) is 0 Å². The van der Waals surface area contributed by atoms with Crippen molar-refractivity contribution in [1.29, 1.82) is 0 Å². The molecule has 0 aliphatic rings. The van der Waals surface area contributed by atoms with Crippen LogP contribution in [0, 0.1) is 4.64 Å². The second-order valence-electron chi connectivity index (χ2n) is 4.66. The summed E-state index contributed by atoms with van der Waals surface area (Å²) in [6, 6.07) is 16.0. The fraction of sp³-hybridized carbons (Fsp3) is 0.118. The average Bonchev–Trinajstić information content (AvgIpc) is 2.53. The number of rotatable bonds is 3. The molecule has 0 unspecified atom stereocenters. The summed E-state index contributed by atoms with van der Waals surface area (Å²) in [5.41, 5.74) is 3.15. The molecule has 106 valence electrons. The molecule has 0 spiro atoms. The lowest BCUT2D eigenvalue weighted by atomic mass is 10.0. The van der Waals surface area contributed by atoms with E-state index < -0.39 is 0 Å². The van der Waals surface area contributed by atoms with Gasteiger partial charge < -0.3 is 14.5 Å². The van der Waals surface area contributed by atoms with Gasteiger partial charge in [0.05, 0.1) is 14.2 Å². The normalized spacial score (nSPS) is 10.6. The van der Waals surface area contributed by atoms with Gasteiger partial charge in [-0.05, 0) is 35.4 Å². The second kappa shape index (κ2) is 5.58. The SMILES string of the molecule is COc1ccc(-c2cc(=S)[nH]c3ccccc23)cc1OC. The number of H-pyrrole nitrogens is 1. The van der Waals surface area contributed by atoms with Crippen LogP contribution in [-0.4, -0.2) is 19.2 Å². The topological polar surface area (TPSA) is 34.2 Å². The lowest BCUT2D eigenvalue weighted by Gasteiger charge is -2.11. The number of fused-ring (bicyclic) bond motifs is 1. The molecule has 21 heavy (non-hydrogen) atoms. The van der Waals surface area contributed by atoms with Gasteiger partial charge in [-0.15, -0.1) is 0 Å². The molecule has 3 aromatic rings. The van der Waals surface area contributed by atoms with Crippen LogP contribution in [0.1, 0.15) is 0 Å². The van der Waals surface area contributed by atoms with Gasteiger partial charge >= 0.3 is 0 Å². The van der Waals surface area contributed by atoms with Crippen molar-refractivity contribution in [2.45, 2.75) is 0 Å². The number of nitrogens with one attached hydrogen (secondary N) is 1. The molecule has 0 bridgehead atoms. The summed E-state index contributed by atoms with van der Waals surface area (Å²) >= 11 is 5.33. The lowest BCUT2D eigenvalue weighted by Crippen LogP contribution is -1.91. The molecule has 1 N–H and O–H groups in total. The number of hydrogen-bond acceptors (Lipinski definition) is 3. The molecular weight excluding hydrogens is 282 g/mol. The molecule has 0 saturated heterocycles. The average molecular weight is 297 g/mol. The summed E-state index contributed by atoms with van der Waals surface area (Å²) < 4.78 is 11.4. The van der Waals surface area contributed by atoms with Crippen molar-refractivity contribution in [2.75, 3.05) is 14.2 Å². The highest BCUT2D eigenvalue weighted by atomic mass is 32.1. The zero-order valence-corrected chi connectivity index (χ0v) is 12.7. The Hall–Kier alpha value is -2.33. The first kappa shape index (κ1) is 13.6. The largest absolute Gasteiger partial charge is 0.493 e. The Morgan fingerprint density at radius 1 is 0.905 bits per heavy atom. The molecule has 0 saturated carbocycles. The smallest absolute Gasteiger partial charge is 0.161 e. The molecule has 3 rings (SSSR count). The summed E-state index contributed by atoms with van der Waals surface area (Å²) in [4.78, 5) is 3.21. The van der Waals surface area contributed by atoms with Crippen molar-refractivity contribution >= 4 is 23.1 Å². The Labute approximate surface area is 128 Å². The number of aromatic amines is 1. The summed E-state index contributed by atoms with van der Waals surface area (Å²) in [6.07, 6.45) is 0. The second-order valence-corrected chi connectivity index (χ2v) is 5.10. The standard InChI is InChI=1S/C17H15NO2S/c1-19-15-8-7-11(9-16(15)20-2)13-10-17(21)18-14-6-4-3-5-12(13)14/h3-10H,1-2H3,(H,18,21). The molecule has 0 radical (unpaired) electrons. The van der Waals surface area contributed by atoms with Gasteiger partial charge in [-0.2, -0.15) is 0 Å². The minimum atomic E-state index is 0.706. The van der Waals surface area contributed by atoms with E-state index in [9.17, 15) is 0 Å². The van der Waals surface area contributed by atoms with E-state index in [-0.39, 0.29) is 0 Å². The van der Waals surface area contributed by atoms with Crippen LogP contribution in [-0.2, 0) is 0 Å². The van der Waals surface area contributed by atoms with E-state index >= 15 is 0 Å². The number of methoxy groups -OCH3 is 2. The first-order chi connectivity index (χ1) is 10.2. The van der Waals surface area contributed by atoms with E-state index in [2.05, 4.69) is 11.1 Å². The molecule has 0 aliphatic heterocycles. The summed E-state index contributed by atoms with van der Waals surface area (Å²) in [5.74, 6) is 1.42. The molecule has 2 aromatic carbocycles. The minimum Gasteiger partial charge on any atom is -0.493 e. The fourth-order valence-corrected chi connectivity index (χ4v) is 2.68. The Kier molecular flexibility index (Phi) is 3.62. The van der Waals surface area contributed by atoms with Crippen molar-refractivity contribution in [2.24, 2.45) is 0 Å². The molecule has 1 heterocycles. The van der Waals surface area contributed by atoms with Crippen LogP contribution in [0.3, 0.4) is 0 Å². The maximum Gasteiger partial charge on any atom is 0.161 e. The fourth-order valence-electron chi connectivity index (χ4n) is 2.45. The third-order valence-electron chi connectivity index (χ3n) is 3.45. The van der Waals surface area contributed by atoms with Gasteiger partial charge in [-0.1, -0.05) is 36.5 Å². The van der Waals surface area contributed by atoms with E-state index in [1.807, 2.05) is 42.5 Å². The molecule has 1 aromatic heterocycles. The van der Waals surface area contributed by atoms with Gasteiger partial charge in [0.1, 0.15) is 4.64 Å². The number of aromatic nitrogens is 1. The summed E-state index contributed by atoms with van der Waals surface area (Å²) in [5, 5.41) is 1.12. The number of benzene rings is 2. The van der Waals surface area contributed by atoms with Crippen LogP contribution in [0.4, 0.5) is 0 Å². The maximum atomic E-state index is 5.38. The number of pyridine rings is 1. The molecule has 0 aliphatic carbocycles. The zero-order chi connectivity index (χ0) is 14.8. The van der Waals surface area contributed by atoms with E-state index in [4.69, 9.17) is 21.7 Å². The molecule has 0 atom stereocenters. The molecule has 0 fully saturated rings. The molecule has 3 nitrogen and oxygen atoms in total. The van der Waals surface area contributed by atoms with E-state index in [1.54, 1.807) is 14.2 Å². The Morgan fingerprint density at radius 2 is 1.67 bits per heavy atom. The van der Waals surface area contributed by atoms with Gasteiger partial charge in [-0.3, -0.25) is 0 Å². The Bertz CT molecular complexity index is 855. The zero-order valence-electron chi connectivity index (χ0n) is 11.8.